The number of nitro benzene ring substituents is 1. The Kier molecular flexibility index (Phi) is 4.70. The molecule has 0 saturated heterocycles. The average molecular weight is 441 g/mol. The Morgan fingerprint density at radius 3 is 1.94 bits per heavy atom. The van der Waals surface area contributed by atoms with Crippen molar-refractivity contribution in [2.45, 2.75) is 0 Å². The summed E-state index contributed by atoms with van der Waals surface area (Å²) in [7, 11) is 0. The normalized spacial score (nSPS) is 11.2. The van der Waals surface area contributed by atoms with Gasteiger partial charge in [-0.25, -0.2) is 0 Å². The Morgan fingerprint density at radius 1 is 0.559 bits per heavy atom. The first kappa shape index (κ1) is 19.9. The molecule has 0 saturated carbocycles. The van der Waals surface area contributed by atoms with Crippen molar-refractivity contribution in [3.05, 3.63) is 131 Å². The van der Waals surface area contributed by atoms with Crippen LogP contribution in [-0.4, -0.2) is 9.49 Å². The third-order valence-electron chi connectivity index (χ3n) is 6.30. The van der Waals surface area contributed by atoms with Crippen molar-refractivity contribution >= 4 is 27.5 Å². The summed E-state index contributed by atoms with van der Waals surface area (Å²) in [5, 5.41) is 14.2. The molecular formula is C30H20N2O2. The summed E-state index contributed by atoms with van der Waals surface area (Å²) in [5.74, 6) is 0. The first-order valence-electron chi connectivity index (χ1n) is 11.1. The molecule has 0 spiro atoms. The van der Waals surface area contributed by atoms with Crippen LogP contribution in [0.2, 0.25) is 0 Å². The largest absolute Gasteiger partial charge is 0.309 e. The summed E-state index contributed by atoms with van der Waals surface area (Å²) in [5.41, 5.74) is 6.67. The van der Waals surface area contributed by atoms with Crippen LogP contribution in [0.15, 0.2) is 121 Å². The fourth-order valence-electron chi connectivity index (χ4n) is 4.73. The lowest BCUT2D eigenvalue weighted by molar-refractivity contribution is -0.384. The summed E-state index contributed by atoms with van der Waals surface area (Å²) < 4.78 is 2.26. The molecule has 0 aliphatic heterocycles. The van der Waals surface area contributed by atoms with Crippen molar-refractivity contribution < 1.29 is 4.92 Å². The number of nitro groups is 1. The van der Waals surface area contributed by atoms with Gasteiger partial charge in [0, 0.05) is 22.5 Å². The monoisotopic (exact) mass is 440 g/mol. The molecule has 5 aromatic carbocycles. The Morgan fingerprint density at radius 2 is 1.18 bits per heavy atom. The van der Waals surface area contributed by atoms with Gasteiger partial charge in [0.25, 0.3) is 5.69 Å². The lowest BCUT2D eigenvalue weighted by Crippen LogP contribution is -1.94. The fraction of sp³-hybridized carbons (Fsp3) is 0. The van der Waals surface area contributed by atoms with Crippen molar-refractivity contribution in [1.82, 2.24) is 4.57 Å². The Labute approximate surface area is 196 Å². The second kappa shape index (κ2) is 8.01. The van der Waals surface area contributed by atoms with Gasteiger partial charge in [0.15, 0.2) is 0 Å². The summed E-state index contributed by atoms with van der Waals surface area (Å²) >= 11 is 0. The quantitative estimate of drug-likeness (QED) is 0.206. The topological polar surface area (TPSA) is 48.1 Å². The second-order valence-electron chi connectivity index (χ2n) is 8.28. The minimum Gasteiger partial charge on any atom is -0.309 e. The van der Waals surface area contributed by atoms with Crippen molar-refractivity contribution in [1.29, 1.82) is 0 Å². The molecule has 0 unspecified atom stereocenters. The predicted molar refractivity (Wildman–Crippen MR) is 138 cm³/mol. The van der Waals surface area contributed by atoms with E-state index in [9.17, 15) is 10.1 Å². The summed E-state index contributed by atoms with van der Waals surface area (Å²) in [6, 6.07) is 39.9. The van der Waals surface area contributed by atoms with Crippen LogP contribution in [0.1, 0.15) is 0 Å². The van der Waals surface area contributed by atoms with E-state index in [4.69, 9.17) is 0 Å². The molecule has 0 aliphatic rings. The molecule has 0 amide bonds. The van der Waals surface area contributed by atoms with E-state index in [-0.39, 0.29) is 10.6 Å². The lowest BCUT2D eigenvalue weighted by Gasteiger charge is -2.09. The third-order valence-corrected chi connectivity index (χ3v) is 6.30. The highest BCUT2D eigenvalue weighted by molar-refractivity contribution is 6.10. The van der Waals surface area contributed by atoms with Crippen LogP contribution in [-0.2, 0) is 0 Å². The maximum absolute atomic E-state index is 11.9. The van der Waals surface area contributed by atoms with Crippen molar-refractivity contribution in [3.63, 3.8) is 0 Å². The van der Waals surface area contributed by atoms with Gasteiger partial charge < -0.3 is 4.57 Å². The van der Waals surface area contributed by atoms with Gasteiger partial charge in [0.2, 0.25) is 0 Å². The van der Waals surface area contributed by atoms with Gasteiger partial charge >= 0.3 is 0 Å². The Bertz CT molecular complexity index is 1670. The molecular weight excluding hydrogens is 420 g/mol. The number of rotatable bonds is 4. The van der Waals surface area contributed by atoms with Gasteiger partial charge in [0.1, 0.15) is 0 Å². The minimum absolute atomic E-state index is 0.107. The molecule has 162 valence electrons. The first-order valence-corrected chi connectivity index (χ1v) is 11.1. The number of para-hydroxylation sites is 2. The molecule has 0 bridgehead atoms. The number of hydrogen-bond donors (Lipinski definition) is 0. The second-order valence-corrected chi connectivity index (χ2v) is 8.28. The van der Waals surface area contributed by atoms with E-state index >= 15 is 0 Å². The van der Waals surface area contributed by atoms with Crippen LogP contribution in [0.3, 0.4) is 0 Å². The van der Waals surface area contributed by atoms with E-state index in [2.05, 4.69) is 41.0 Å². The van der Waals surface area contributed by atoms with Crippen LogP contribution in [0.5, 0.6) is 0 Å². The molecule has 6 aromatic rings. The van der Waals surface area contributed by atoms with Crippen LogP contribution >= 0.6 is 0 Å². The van der Waals surface area contributed by atoms with Gasteiger partial charge in [-0.3, -0.25) is 10.1 Å². The molecule has 0 N–H and O–H groups in total. The Hall–Kier alpha value is -4.70. The maximum Gasteiger partial charge on any atom is 0.277 e. The molecule has 1 aromatic heterocycles. The van der Waals surface area contributed by atoms with Crippen LogP contribution in [0.4, 0.5) is 5.69 Å². The molecule has 0 radical (unpaired) electrons. The van der Waals surface area contributed by atoms with Gasteiger partial charge in [-0.1, -0.05) is 78.9 Å². The average Bonchev–Trinajstić information content (AvgIpc) is 3.23. The molecule has 1 heterocycles. The zero-order chi connectivity index (χ0) is 23.1. The molecule has 0 aliphatic carbocycles. The highest BCUT2D eigenvalue weighted by Crippen LogP contribution is 2.37. The molecule has 34 heavy (non-hydrogen) atoms. The van der Waals surface area contributed by atoms with Crippen LogP contribution in [0.25, 0.3) is 49.7 Å². The Balaban J connectivity index is 1.55. The molecule has 4 heteroatoms. The standard InChI is InChI=1S/C30H20N2O2/c33-32(34)30-20-23(15-17-25(30)21-9-3-1-4-10-21)22-16-18-29-27(19-22)26-13-7-8-14-28(26)31(29)24-11-5-2-6-12-24/h1-20H. The van der Waals surface area contributed by atoms with E-state index in [1.165, 1.54) is 0 Å². The van der Waals surface area contributed by atoms with E-state index < -0.39 is 0 Å². The smallest absolute Gasteiger partial charge is 0.277 e. The molecule has 6 rings (SSSR count). The summed E-state index contributed by atoms with van der Waals surface area (Å²) in [4.78, 5) is 11.6. The number of aromatic nitrogens is 1. The van der Waals surface area contributed by atoms with E-state index in [1.807, 2.05) is 78.9 Å². The van der Waals surface area contributed by atoms with Crippen LogP contribution < -0.4 is 0 Å². The zero-order valence-electron chi connectivity index (χ0n) is 18.3. The summed E-state index contributed by atoms with van der Waals surface area (Å²) in [6.07, 6.45) is 0. The van der Waals surface area contributed by atoms with E-state index in [0.717, 1.165) is 44.2 Å². The predicted octanol–water partition coefficient (Wildman–Crippen LogP) is 8.03. The van der Waals surface area contributed by atoms with E-state index in [1.54, 1.807) is 6.07 Å². The van der Waals surface area contributed by atoms with Crippen molar-refractivity contribution in [2.75, 3.05) is 0 Å². The lowest BCUT2D eigenvalue weighted by atomic mass is 9.97. The summed E-state index contributed by atoms with van der Waals surface area (Å²) in [6.45, 7) is 0. The number of fused-ring (bicyclic) bond motifs is 3. The van der Waals surface area contributed by atoms with Gasteiger partial charge in [-0.05, 0) is 53.1 Å². The highest BCUT2D eigenvalue weighted by atomic mass is 16.6. The molecule has 4 nitrogen and oxygen atoms in total. The first-order chi connectivity index (χ1) is 16.7. The molecule has 0 atom stereocenters. The number of nitrogens with zero attached hydrogens (tertiary/aromatic N) is 2. The highest BCUT2D eigenvalue weighted by Gasteiger charge is 2.18. The van der Waals surface area contributed by atoms with Crippen LogP contribution in [0, 0.1) is 10.1 Å². The fourth-order valence-corrected chi connectivity index (χ4v) is 4.73. The third kappa shape index (κ3) is 3.24. The SMILES string of the molecule is O=[N+]([O-])c1cc(-c2ccc3c(c2)c2ccccc2n3-c2ccccc2)ccc1-c1ccccc1. The van der Waals surface area contributed by atoms with E-state index in [0.29, 0.717) is 5.56 Å². The van der Waals surface area contributed by atoms with Gasteiger partial charge in [0.05, 0.1) is 21.5 Å². The number of hydrogen-bond acceptors (Lipinski definition) is 2. The zero-order valence-corrected chi connectivity index (χ0v) is 18.3. The van der Waals surface area contributed by atoms with Crippen molar-refractivity contribution in [3.8, 4) is 27.9 Å². The van der Waals surface area contributed by atoms with Gasteiger partial charge in [-0.15, -0.1) is 0 Å². The molecule has 0 fully saturated rings. The number of benzene rings is 5. The minimum atomic E-state index is -0.300. The van der Waals surface area contributed by atoms with Gasteiger partial charge in [-0.2, -0.15) is 0 Å². The van der Waals surface area contributed by atoms with Crippen molar-refractivity contribution in [2.24, 2.45) is 0 Å². The maximum atomic E-state index is 11.9.